The monoisotopic (exact) mass is 614 g/mol. The summed E-state index contributed by atoms with van der Waals surface area (Å²) in [5, 5.41) is 4.28. The zero-order valence-corrected chi connectivity index (χ0v) is 21.1. The predicted octanol–water partition coefficient (Wildman–Crippen LogP) is 7.82. The molecule has 3 aromatic carbocycles. The number of amides is 2. The Morgan fingerprint density at radius 3 is 1.93 bits per heavy atom. The molecule has 0 aliphatic carbocycles. The molecule has 0 spiro atoms. The van der Waals surface area contributed by atoms with Crippen molar-refractivity contribution in [2.45, 2.75) is 43.3 Å². The van der Waals surface area contributed by atoms with Gasteiger partial charge in [-0.25, -0.2) is 9.18 Å². The molecule has 0 fully saturated rings. The van der Waals surface area contributed by atoms with Gasteiger partial charge in [-0.05, 0) is 41.0 Å². The standard InChI is InChI=1S/C27H21F11N2O2/c28-20-12-19(13-21(14-20)42-27(37,38)22(29)30)24(15-16-4-2-1-3-5-16,40-23(41)39-11-10-25(31,32)33)17-6-8-18(9-7-17)26(34,35)36/h1-9,12-14,22H,10-11,15H2,(H2,39,40,41)/t24-/m1/s1. The van der Waals surface area contributed by atoms with Crippen molar-refractivity contribution in [2.24, 2.45) is 0 Å². The van der Waals surface area contributed by atoms with Crippen LogP contribution in [0, 0.1) is 5.82 Å². The number of benzene rings is 3. The van der Waals surface area contributed by atoms with E-state index in [0.29, 0.717) is 35.9 Å². The fourth-order valence-electron chi connectivity index (χ4n) is 4.03. The molecule has 2 N–H and O–H groups in total. The van der Waals surface area contributed by atoms with E-state index >= 15 is 0 Å². The van der Waals surface area contributed by atoms with Gasteiger partial charge in [0.1, 0.15) is 11.6 Å². The number of carbonyl (C=O) groups excluding carboxylic acids is 1. The lowest BCUT2D eigenvalue weighted by Crippen LogP contribution is -2.52. The average molecular weight is 614 g/mol. The molecule has 1 atom stereocenters. The first-order chi connectivity index (χ1) is 19.4. The van der Waals surface area contributed by atoms with Crippen molar-refractivity contribution in [3.05, 3.63) is 101 Å². The average Bonchev–Trinajstić information content (AvgIpc) is 2.87. The van der Waals surface area contributed by atoms with Gasteiger partial charge < -0.3 is 15.4 Å². The Morgan fingerprint density at radius 1 is 0.786 bits per heavy atom. The number of hydrogen-bond donors (Lipinski definition) is 2. The third kappa shape index (κ3) is 8.49. The minimum Gasteiger partial charge on any atom is -0.428 e. The van der Waals surface area contributed by atoms with Crippen molar-refractivity contribution < 1.29 is 57.8 Å². The quantitative estimate of drug-likeness (QED) is 0.229. The van der Waals surface area contributed by atoms with E-state index in [1.165, 1.54) is 24.3 Å². The highest BCUT2D eigenvalue weighted by Gasteiger charge is 2.45. The normalized spacial score (nSPS) is 13.9. The molecule has 0 saturated heterocycles. The summed E-state index contributed by atoms with van der Waals surface area (Å²) in [7, 11) is 0. The fourth-order valence-corrected chi connectivity index (χ4v) is 4.03. The molecule has 0 unspecified atom stereocenters. The van der Waals surface area contributed by atoms with E-state index in [9.17, 15) is 53.1 Å². The minimum atomic E-state index is -5.08. The molecule has 0 heterocycles. The lowest BCUT2D eigenvalue weighted by atomic mass is 9.77. The van der Waals surface area contributed by atoms with Crippen molar-refractivity contribution in [3.63, 3.8) is 0 Å². The number of rotatable bonds is 10. The van der Waals surface area contributed by atoms with Gasteiger partial charge in [0, 0.05) is 19.0 Å². The molecule has 0 bridgehead atoms. The zero-order chi connectivity index (χ0) is 31.3. The van der Waals surface area contributed by atoms with Crippen LogP contribution in [0.1, 0.15) is 28.7 Å². The Morgan fingerprint density at radius 2 is 1.38 bits per heavy atom. The van der Waals surface area contributed by atoms with E-state index in [2.05, 4.69) is 10.1 Å². The number of carbonyl (C=O) groups is 1. The Bertz CT molecular complexity index is 1340. The third-order valence-electron chi connectivity index (χ3n) is 5.91. The van der Waals surface area contributed by atoms with Crippen molar-refractivity contribution in [1.82, 2.24) is 10.6 Å². The lowest BCUT2D eigenvalue weighted by molar-refractivity contribution is -0.253. The van der Waals surface area contributed by atoms with Crippen molar-refractivity contribution in [2.75, 3.05) is 6.54 Å². The summed E-state index contributed by atoms with van der Waals surface area (Å²) in [6.07, 6.45) is -20.7. The predicted molar refractivity (Wildman–Crippen MR) is 128 cm³/mol. The maximum atomic E-state index is 14.8. The number of ether oxygens (including phenoxy) is 1. The Balaban J connectivity index is 2.22. The Labute approximate surface area is 231 Å². The zero-order valence-electron chi connectivity index (χ0n) is 21.1. The van der Waals surface area contributed by atoms with Gasteiger partial charge in [-0.1, -0.05) is 42.5 Å². The first kappa shape index (κ1) is 32.5. The van der Waals surface area contributed by atoms with E-state index in [-0.39, 0.29) is 5.56 Å². The van der Waals surface area contributed by atoms with Crippen molar-refractivity contribution in [1.29, 1.82) is 0 Å². The van der Waals surface area contributed by atoms with Crippen LogP contribution < -0.4 is 15.4 Å². The summed E-state index contributed by atoms with van der Waals surface area (Å²) in [5.74, 6) is -2.45. The molecule has 0 aliphatic heterocycles. The van der Waals surface area contributed by atoms with E-state index in [0.717, 1.165) is 12.1 Å². The van der Waals surface area contributed by atoms with Gasteiger partial charge in [-0.15, -0.1) is 0 Å². The van der Waals surface area contributed by atoms with E-state index in [1.54, 1.807) is 6.07 Å². The van der Waals surface area contributed by atoms with Crippen LogP contribution in [-0.4, -0.2) is 31.3 Å². The molecular formula is C27H21F11N2O2. The highest BCUT2D eigenvalue weighted by Crippen LogP contribution is 2.39. The van der Waals surface area contributed by atoms with Crippen LogP contribution in [0.25, 0.3) is 0 Å². The van der Waals surface area contributed by atoms with E-state index < -0.39 is 78.5 Å². The topological polar surface area (TPSA) is 50.4 Å². The van der Waals surface area contributed by atoms with Crippen LogP contribution in [0.15, 0.2) is 72.8 Å². The molecule has 0 aromatic heterocycles. The van der Waals surface area contributed by atoms with E-state index in [1.807, 2.05) is 5.32 Å². The second-order valence-corrected chi connectivity index (χ2v) is 9.03. The molecule has 228 valence electrons. The highest BCUT2D eigenvalue weighted by atomic mass is 19.4. The summed E-state index contributed by atoms with van der Waals surface area (Å²) < 4.78 is 150. The fraction of sp³-hybridized carbons (Fsp3) is 0.296. The van der Waals surface area contributed by atoms with Crippen LogP contribution in [0.3, 0.4) is 0 Å². The van der Waals surface area contributed by atoms with Gasteiger partial charge in [-0.2, -0.15) is 43.9 Å². The maximum absolute atomic E-state index is 14.8. The first-order valence-electron chi connectivity index (χ1n) is 11.9. The van der Waals surface area contributed by atoms with Crippen LogP contribution in [0.2, 0.25) is 0 Å². The smallest absolute Gasteiger partial charge is 0.428 e. The molecule has 42 heavy (non-hydrogen) atoms. The molecular weight excluding hydrogens is 593 g/mol. The Kier molecular flexibility index (Phi) is 9.63. The number of urea groups is 1. The first-order valence-corrected chi connectivity index (χ1v) is 11.9. The minimum absolute atomic E-state index is 0.192. The van der Waals surface area contributed by atoms with Crippen LogP contribution in [-0.2, 0) is 18.1 Å². The molecule has 15 heteroatoms. The number of hydrogen-bond acceptors (Lipinski definition) is 2. The van der Waals surface area contributed by atoms with Crippen LogP contribution in [0.4, 0.5) is 53.1 Å². The number of nitrogens with one attached hydrogen (secondary N) is 2. The SMILES string of the molecule is O=C(NCCC(F)(F)F)N[C@](Cc1ccccc1)(c1ccc(C(F)(F)F)cc1)c1cc(F)cc(OC(F)(F)C(F)F)c1. The maximum Gasteiger partial charge on any atom is 0.461 e. The van der Waals surface area contributed by atoms with Gasteiger partial charge in [0.25, 0.3) is 0 Å². The van der Waals surface area contributed by atoms with Crippen molar-refractivity contribution >= 4 is 6.03 Å². The highest BCUT2D eigenvalue weighted by molar-refractivity contribution is 5.76. The van der Waals surface area contributed by atoms with Crippen LogP contribution >= 0.6 is 0 Å². The van der Waals surface area contributed by atoms with Crippen LogP contribution in [0.5, 0.6) is 5.75 Å². The molecule has 0 aliphatic rings. The lowest BCUT2D eigenvalue weighted by Gasteiger charge is -2.37. The van der Waals surface area contributed by atoms with E-state index in [4.69, 9.17) is 0 Å². The van der Waals surface area contributed by atoms with Gasteiger partial charge in [0.05, 0.1) is 17.5 Å². The molecule has 2 amide bonds. The summed E-state index contributed by atoms with van der Waals surface area (Å²) in [5.41, 5.74) is -3.60. The number of alkyl halides is 10. The largest absolute Gasteiger partial charge is 0.461 e. The van der Waals surface area contributed by atoms with Gasteiger partial charge in [0.15, 0.2) is 0 Å². The number of halogens is 11. The summed E-state index contributed by atoms with van der Waals surface area (Å²) in [6.45, 7) is -0.929. The molecule has 3 rings (SSSR count). The molecule has 0 radical (unpaired) electrons. The molecule has 3 aromatic rings. The van der Waals surface area contributed by atoms with Gasteiger partial charge >= 0.3 is 30.9 Å². The van der Waals surface area contributed by atoms with Crippen molar-refractivity contribution in [3.8, 4) is 5.75 Å². The summed E-state index contributed by atoms with van der Waals surface area (Å²) in [6, 6.07) is 11.0. The third-order valence-corrected chi connectivity index (χ3v) is 5.91. The Hall–Kier alpha value is -4.04. The second kappa shape index (κ2) is 12.4. The second-order valence-electron chi connectivity index (χ2n) is 9.03. The summed E-state index contributed by atoms with van der Waals surface area (Å²) in [4.78, 5) is 12.9. The van der Waals surface area contributed by atoms with Gasteiger partial charge in [-0.3, -0.25) is 0 Å². The van der Waals surface area contributed by atoms with Gasteiger partial charge in [0.2, 0.25) is 0 Å². The molecule has 0 saturated carbocycles. The summed E-state index contributed by atoms with van der Waals surface area (Å²) >= 11 is 0. The molecule has 4 nitrogen and oxygen atoms in total.